The monoisotopic (exact) mass is 396 g/mol. The lowest BCUT2D eigenvalue weighted by Gasteiger charge is -2.15. The van der Waals surface area contributed by atoms with Gasteiger partial charge in [0.1, 0.15) is 11.7 Å². The Balaban J connectivity index is 1.48. The summed E-state index contributed by atoms with van der Waals surface area (Å²) < 4.78 is 17.4. The number of hydrogen-bond acceptors (Lipinski definition) is 6. The summed E-state index contributed by atoms with van der Waals surface area (Å²) >= 11 is 0. The average Bonchev–Trinajstić information content (AvgIpc) is 3.40. The normalized spacial score (nSPS) is 19.3. The third-order valence-electron chi connectivity index (χ3n) is 5.09. The highest BCUT2D eigenvalue weighted by Gasteiger charge is 2.34. The van der Waals surface area contributed by atoms with E-state index in [1.54, 1.807) is 35.3 Å². The first-order chi connectivity index (χ1) is 14.0. The van der Waals surface area contributed by atoms with Crippen molar-refractivity contribution in [3.05, 3.63) is 47.4 Å². The molecule has 10 nitrogen and oxygen atoms in total. The highest BCUT2D eigenvalue weighted by atomic mass is 19.1. The molecule has 5 heterocycles. The molecule has 11 heteroatoms. The number of alkyl halides is 1. The molecule has 1 aliphatic rings. The molecule has 0 saturated carbocycles. The van der Waals surface area contributed by atoms with E-state index in [-0.39, 0.29) is 30.5 Å². The van der Waals surface area contributed by atoms with Crippen LogP contribution in [0, 0.1) is 0 Å². The number of rotatable bonds is 3. The Morgan fingerprint density at radius 1 is 1.31 bits per heavy atom. The summed E-state index contributed by atoms with van der Waals surface area (Å²) in [5, 5.41) is 7.24. The van der Waals surface area contributed by atoms with Gasteiger partial charge in [0.2, 0.25) is 17.6 Å². The predicted octanol–water partition coefficient (Wildman–Crippen LogP) is 0.713. The maximum atomic E-state index is 14.2. The van der Waals surface area contributed by atoms with Crippen molar-refractivity contribution in [2.75, 3.05) is 18.4 Å². The predicted molar refractivity (Wildman–Crippen MR) is 102 cm³/mol. The molecule has 4 aromatic heterocycles. The average molecular weight is 396 g/mol. The largest absolute Gasteiger partial charge is 0.347 e. The van der Waals surface area contributed by atoms with Crippen LogP contribution in [-0.2, 0) is 4.79 Å². The Bertz CT molecular complexity index is 1290. The fraction of sp³-hybridized carbons (Fsp3) is 0.278. The number of nitrogens with zero attached hydrogens (tertiary/aromatic N) is 6. The number of hydrogen-bond donors (Lipinski definition) is 2. The van der Waals surface area contributed by atoms with E-state index >= 15 is 0 Å². The molecule has 0 aliphatic carbocycles. The van der Waals surface area contributed by atoms with Crippen LogP contribution in [0.1, 0.15) is 6.92 Å². The highest BCUT2D eigenvalue weighted by Crippen LogP contribution is 2.23. The van der Waals surface area contributed by atoms with Gasteiger partial charge in [-0.25, -0.2) is 18.9 Å². The first kappa shape index (κ1) is 17.3. The van der Waals surface area contributed by atoms with E-state index < -0.39 is 12.2 Å². The molecule has 148 valence electrons. The zero-order chi connectivity index (χ0) is 20.1. The van der Waals surface area contributed by atoms with Gasteiger partial charge in [-0.3, -0.25) is 19.0 Å². The zero-order valence-electron chi connectivity index (χ0n) is 15.4. The minimum atomic E-state index is -1.24. The van der Waals surface area contributed by atoms with Crippen LogP contribution in [-0.4, -0.2) is 65.1 Å². The van der Waals surface area contributed by atoms with Crippen LogP contribution < -0.4 is 10.9 Å². The number of amides is 1. The summed E-state index contributed by atoms with van der Waals surface area (Å²) in [6.07, 6.45) is 7.31. The Labute approximate surface area is 163 Å². The number of likely N-dealkylation sites (tertiary alicyclic amines) is 1. The van der Waals surface area contributed by atoms with Gasteiger partial charge in [-0.05, 0) is 6.07 Å². The van der Waals surface area contributed by atoms with E-state index in [0.29, 0.717) is 16.9 Å². The molecule has 2 atom stereocenters. The number of halogens is 1. The lowest BCUT2D eigenvalue weighted by atomic mass is 10.1. The Kier molecular flexibility index (Phi) is 3.83. The molecule has 0 radical (unpaired) electrons. The Hall–Kier alpha value is -3.76. The molecule has 1 saturated heterocycles. The molecule has 4 aromatic rings. The number of imidazole rings is 1. The number of nitrogens with one attached hydrogen (secondary N) is 2. The van der Waals surface area contributed by atoms with Gasteiger partial charge in [0.15, 0.2) is 0 Å². The number of fused-ring (bicyclic) bond motifs is 2. The number of anilines is 1. The zero-order valence-corrected chi connectivity index (χ0v) is 15.4. The van der Waals surface area contributed by atoms with Crippen molar-refractivity contribution in [1.29, 1.82) is 0 Å². The summed E-state index contributed by atoms with van der Waals surface area (Å²) in [4.78, 5) is 36.7. The van der Waals surface area contributed by atoms with Crippen molar-refractivity contribution in [2.45, 2.75) is 19.1 Å². The second kappa shape index (κ2) is 6.40. The van der Waals surface area contributed by atoms with Crippen LogP contribution in [0.4, 0.5) is 10.3 Å². The number of aromatic amines is 1. The lowest BCUT2D eigenvalue weighted by molar-refractivity contribution is -0.128. The van der Waals surface area contributed by atoms with Crippen LogP contribution >= 0.6 is 0 Å². The maximum Gasteiger partial charge on any atom is 0.277 e. The second-order valence-electron chi connectivity index (χ2n) is 6.99. The van der Waals surface area contributed by atoms with Gasteiger partial charge < -0.3 is 10.2 Å². The Morgan fingerprint density at radius 3 is 2.97 bits per heavy atom. The molecular weight excluding hydrogens is 379 g/mol. The minimum Gasteiger partial charge on any atom is -0.347 e. The van der Waals surface area contributed by atoms with E-state index in [9.17, 15) is 14.0 Å². The minimum absolute atomic E-state index is 0.0247. The summed E-state index contributed by atoms with van der Waals surface area (Å²) in [5.74, 6) is 0.519. The maximum absolute atomic E-state index is 14.2. The van der Waals surface area contributed by atoms with Crippen LogP contribution in [0.25, 0.3) is 22.4 Å². The van der Waals surface area contributed by atoms with Crippen molar-refractivity contribution in [2.24, 2.45) is 0 Å². The third-order valence-corrected chi connectivity index (χ3v) is 5.09. The number of H-pyrrole nitrogens is 1. The molecule has 2 N–H and O–H groups in total. The third kappa shape index (κ3) is 2.91. The van der Waals surface area contributed by atoms with Crippen molar-refractivity contribution >= 4 is 23.1 Å². The number of carbonyl (C=O) groups is 1. The molecule has 29 heavy (non-hydrogen) atoms. The molecular formula is C18H17FN8O2. The van der Waals surface area contributed by atoms with E-state index in [2.05, 4.69) is 25.4 Å². The molecule has 0 aromatic carbocycles. The van der Waals surface area contributed by atoms with Crippen LogP contribution in [0.15, 0.2) is 41.8 Å². The quantitative estimate of drug-likeness (QED) is 0.528. The van der Waals surface area contributed by atoms with Crippen LogP contribution in [0.2, 0.25) is 0 Å². The number of aromatic nitrogens is 6. The molecule has 1 fully saturated rings. The van der Waals surface area contributed by atoms with Gasteiger partial charge in [0.25, 0.3) is 5.56 Å². The van der Waals surface area contributed by atoms with Crippen LogP contribution in [0.5, 0.6) is 0 Å². The van der Waals surface area contributed by atoms with Gasteiger partial charge in [0, 0.05) is 55.6 Å². The van der Waals surface area contributed by atoms with Crippen molar-refractivity contribution in [3.8, 4) is 11.1 Å². The first-order valence-electron chi connectivity index (χ1n) is 9.06. The molecule has 0 unspecified atom stereocenters. The molecule has 0 bridgehead atoms. The molecule has 0 spiro atoms. The van der Waals surface area contributed by atoms with E-state index in [1.807, 2.05) is 6.20 Å². The SMILES string of the molecule is CC(=O)N1C[C@H](F)[C@H](Nc2nn3ccc(-c4cnc5nccn5c4)c3c(=O)[nH]2)C1. The summed E-state index contributed by atoms with van der Waals surface area (Å²) in [5.41, 5.74) is 1.39. The molecule has 1 aliphatic heterocycles. The second-order valence-corrected chi connectivity index (χ2v) is 6.99. The molecule has 1 amide bonds. The molecule has 5 rings (SSSR count). The number of carbonyl (C=O) groups excluding carboxylic acids is 1. The standard InChI is InChI=1S/C18H17FN8O2/c1-10(28)26-8-13(19)14(9-26)22-17-23-16(29)15-12(2-4-27(15)24-17)11-6-21-18-20-3-5-25(18)7-11/h2-7,13-14H,8-9H2,1H3,(H2,22,23,24,29)/t13-,14+/m0/s1. The smallest absolute Gasteiger partial charge is 0.277 e. The summed E-state index contributed by atoms with van der Waals surface area (Å²) in [6.45, 7) is 1.64. The van der Waals surface area contributed by atoms with Gasteiger partial charge in [0.05, 0.1) is 12.6 Å². The van der Waals surface area contributed by atoms with Gasteiger partial charge in [-0.15, -0.1) is 5.10 Å². The summed E-state index contributed by atoms with van der Waals surface area (Å²) in [6, 6.07) is 1.13. The van der Waals surface area contributed by atoms with Gasteiger partial charge >= 0.3 is 0 Å². The fourth-order valence-corrected chi connectivity index (χ4v) is 3.62. The summed E-state index contributed by atoms with van der Waals surface area (Å²) in [7, 11) is 0. The van der Waals surface area contributed by atoms with Crippen molar-refractivity contribution in [1.82, 2.24) is 33.9 Å². The lowest BCUT2D eigenvalue weighted by Crippen LogP contribution is -2.32. The van der Waals surface area contributed by atoms with Crippen LogP contribution in [0.3, 0.4) is 0 Å². The van der Waals surface area contributed by atoms with Gasteiger partial charge in [-0.1, -0.05) is 0 Å². The van der Waals surface area contributed by atoms with Crippen molar-refractivity contribution in [3.63, 3.8) is 0 Å². The fourth-order valence-electron chi connectivity index (χ4n) is 3.62. The first-order valence-corrected chi connectivity index (χ1v) is 9.06. The van der Waals surface area contributed by atoms with E-state index in [0.717, 1.165) is 5.56 Å². The topological polar surface area (TPSA) is 113 Å². The van der Waals surface area contributed by atoms with Crippen molar-refractivity contribution < 1.29 is 9.18 Å². The van der Waals surface area contributed by atoms with E-state index in [4.69, 9.17) is 0 Å². The van der Waals surface area contributed by atoms with Gasteiger partial charge in [-0.2, -0.15) is 0 Å². The van der Waals surface area contributed by atoms with E-state index in [1.165, 1.54) is 16.3 Å². The highest BCUT2D eigenvalue weighted by molar-refractivity contribution is 5.79. The Morgan fingerprint density at radius 2 is 2.17 bits per heavy atom.